The number of anilines is 1. The van der Waals surface area contributed by atoms with E-state index in [1.54, 1.807) is 11.7 Å². The quantitative estimate of drug-likeness (QED) is 0.136. The van der Waals surface area contributed by atoms with Gasteiger partial charge in [0.1, 0.15) is 29.8 Å². The van der Waals surface area contributed by atoms with Crippen molar-refractivity contribution >= 4 is 22.9 Å². The lowest BCUT2D eigenvalue weighted by Gasteiger charge is -2.23. The number of methoxy groups -OCH3 is 1. The van der Waals surface area contributed by atoms with E-state index < -0.39 is 24.5 Å². The predicted molar refractivity (Wildman–Crippen MR) is 165 cm³/mol. The Balaban J connectivity index is 1.15. The van der Waals surface area contributed by atoms with Crippen LogP contribution in [-0.2, 0) is 22.5 Å². The molecule has 2 unspecified atom stereocenters. The minimum absolute atomic E-state index is 0.00962. The molecule has 3 heterocycles. The van der Waals surface area contributed by atoms with Gasteiger partial charge in [0, 0.05) is 19.5 Å². The van der Waals surface area contributed by atoms with Crippen LogP contribution in [0.5, 0.6) is 5.75 Å². The fourth-order valence-electron chi connectivity index (χ4n) is 5.64. The van der Waals surface area contributed by atoms with E-state index in [1.165, 1.54) is 18.2 Å². The number of amides is 1. The number of ether oxygens (including phenoxy) is 2. The number of nitrogens with two attached hydrogens (primary N) is 1. The first-order valence-corrected chi connectivity index (χ1v) is 15.0. The molecule has 12 heteroatoms. The molecule has 6 N–H and O–H groups in total. The fourth-order valence-corrected chi connectivity index (χ4v) is 5.64. The Morgan fingerprint density at radius 1 is 1.07 bits per heavy atom. The summed E-state index contributed by atoms with van der Waals surface area (Å²) in [4.78, 5) is 25.1. The third-order valence-corrected chi connectivity index (χ3v) is 8.08. The first-order valence-electron chi connectivity index (χ1n) is 15.0. The zero-order valence-electron chi connectivity index (χ0n) is 24.9. The lowest BCUT2D eigenvalue weighted by atomic mass is 9.92. The van der Waals surface area contributed by atoms with Crippen LogP contribution in [0.2, 0.25) is 0 Å². The Hall–Kier alpha value is -4.10. The highest BCUT2D eigenvalue weighted by Crippen LogP contribution is 2.35. The Bertz CT molecular complexity index is 1480. The second-order valence-electron chi connectivity index (χ2n) is 11.2. The number of aliphatic hydroxyl groups excluding tert-OH is 2. The first-order chi connectivity index (χ1) is 21.4. The number of imidazole rings is 1. The van der Waals surface area contributed by atoms with E-state index in [0.717, 1.165) is 24.2 Å². The SMILES string of the molecule is COc1ccc(CCNC(=O)CCC[C@H](CNCc2ccccc2)C[C@H]2O[C@@H](n3cnc4c(N)ncnc43)C(O)C2O)cc1. The number of carbonyl (C=O) groups is 1. The van der Waals surface area contributed by atoms with Gasteiger partial charge in [-0.25, -0.2) is 15.0 Å². The largest absolute Gasteiger partial charge is 0.497 e. The van der Waals surface area contributed by atoms with Crippen LogP contribution in [0.1, 0.15) is 43.0 Å². The number of rotatable bonds is 15. The van der Waals surface area contributed by atoms with E-state index in [-0.39, 0.29) is 17.6 Å². The average molecular weight is 604 g/mol. The highest BCUT2D eigenvalue weighted by Gasteiger charge is 2.44. The molecule has 1 aliphatic rings. The van der Waals surface area contributed by atoms with E-state index in [9.17, 15) is 15.0 Å². The van der Waals surface area contributed by atoms with Crippen LogP contribution in [0.25, 0.3) is 11.2 Å². The average Bonchev–Trinajstić information content (AvgIpc) is 3.59. The number of hydrogen-bond acceptors (Lipinski definition) is 10. The van der Waals surface area contributed by atoms with Gasteiger partial charge < -0.3 is 36.1 Å². The maximum Gasteiger partial charge on any atom is 0.220 e. The van der Waals surface area contributed by atoms with Crippen molar-refractivity contribution in [3.63, 3.8) is 0 Å². The number of nitrogens with zero attached hydrogens (tertiary/aromatic N) is 4. The summed E-state index contributed by atoms with van der Waals surface area (Å²) in [5.74, 6) is 1.14. The number of hydrogen-bond donors (Lipinski definition) is 5. The summed E-state index contributed by atoms with van der Waals surface area (Å²) in [5, 5.41) is 28.4. The maximum absolute atomic E-state index is 12.6. The molecule has 1 fully saturated rings. The predicted octanol–water partition coefficient (Wildman–Crippen LogP) is 2.36. The number of aromatic nitrogens is 4. The number of carbonyl (C=O) groups excluding carboxylic acids is 1. The summed E-state index contributed by atoms with van der Waals surface area (Å²) in [6.45, 7) is 1.93. The van der Waals surface area contributed by atoms with Crippen LogP contribution < -0.4 is 21.1 Å². The van der Waals surface area contributed by atoms with Crippen LogP contribution in [0.15, 0.2) is 67.3 Å². The molecule has 12 nitrogen and oxygen atoms in total. The van der Waals surface area contributed by atoms with E-state index >= 15 is 0 Å². The summed E-state index contributed by atoms with van der Waals surface area (Å²) in [5.41, 5.74) is 9.06. The van der Waals surface area contributed by atoms with Crippen molar-refractivity contribution in [2.45, 2.75) is 63.2 Å². The van der Waals surface area contributed by atoms with Crippen molar-refractivity contribution in [2.75, 3.05) is 25.9 Å². The van der Waals surface area contributed by atoms with E-state index in [0.29, 0.717) is 50.1 Å². The van der Waals surface area contributed by atoms with Gasteiger partial charge in [0.25, 0.3) is 0 Å². The molecule has 2 aromatic heterocycles. The molecule has 1 aliphatic heterocycles. The fraction of sp³-hybridized carbons (Fsp3) is 0.438. The molecular formula is C32H41N7O5. The number of fused-ring (bicyclic) bond motifs is 1. The molecule has 0 aliphatic carbocycles. The summed E-state index contributed by atoms with van der Waals surface area (Å²) in [7, 11) is 1.64. The normalized spacial score (nSPS) is 20.5. The molecule has 5 atom stereocenters. The van der Waals surface area contributed by atoms with E-state index in [2.05, 4.69) is 37.7 Å². The van der Waals surface area contributed by atoms with Gasteiger partial charge in [-0.05, 0) is 61.4 Å². The van der Waals surface area contributed by atoms with Crippen molar-refractivity contribution in [1.82, 2.24) is 30.2 Å². The highest BCUT2D eigenvalue weighted by atomic mass is 16.6. The molecule has 4 aromatic rings. The van der Waals surface area contributed by atoms with Crippen molar-refractivity contribution in [1.29, 1.82) is 0 Å². The molecule has 0 spiro atoms. The van der Waals surface area contributed by atoms with Gasteiger partial charge in [-0.3, -0.25) is 9.36 Å². The van der Waals surface area contributed by atoms with Crippen molar-refractivity contribution in [2.24, 2.45) is 5.92 Å². The standard InChI is InChI=1S/C32H41N7O5/c1-43-24-12-10-21(11-13-24)14-15-35-26(40)9-5-8-23(18-34-17-22-6-3-2-4-7-22)16-25-28(41)29(42)32(44-25)39-20-38-27-30(33)36-19-37-31(27)39/h2-4,6-7,10-13,19-20,23,25,28-29,32,34,41-42H,5,8-9,14-18H2,1H3,(H,35,40)(H2,33,36,37)/t23-,25+,28?,29?,32+/m0/s1. The third-order valence-electron chi connectivity index (χ3n) is 8.08. The van der Waals surface area contributed by atoms with Gasteiger partial charge in [0.15, 0.2) is 17.7 Å². The maximum atomic E-state index is 12.6. The van der Waals surface area contributed by atoms with Gasteiger partial charge in [-0.15, -0.1) is 0 Å². The molecule has 1 saturated heterocycles. The number of nitrogen functional groups attached to an aromatic ring is 1. The summed E-state index contributed by atoms with van der Waals surface area (Å²) >= 11 is 0. The first kappa shape index (κ1) is 31.3. The van der Waals surface area contributed by atoms with Crippen molar-refractivity contribution < 1.29 is 24.5 Å². The molecule has 5 rings (SSSR count). The monoisotopic (exact) mass is 603 g/mol. The van der Waals surface area contributed by atoms with Crippen LogP contribution in [-0.4, -0.2) is 74.2 Å². The molecular weight excluding hydrogens is 562 g/mol. The molecule has 0 saturated carbocycles. The Kier molecular flexibility index (Phi) is 10.7. The van der Waals surface area contributed by atoms with Gasteiger partial charge >= 0.3 is 0 Å². The number of benzene rings is 2. The van der Waals surface area contributed by atoms with Gasteiger partial charge in [-0.2, -0.15) is 0 Å². The zero-order valence-corrected chi connectivity index (χ0v) is 24.9. The topological polar surface area (TPSA) is 170 Å². The van der Waals surface area contributed by atoms with Crippen LogP contribution in [0, 0.1) is 5.92 Å². The smallest absolute Gasteiger partial charge is 0.220 e. The van der Waals surface area contributed by atoms with Crippen LogP contribution in [0.3, 0.4) is 0 Å². The number of nitrogens with one attached hydrogen (secondary N) is 2. The Morgan fingerprint density at radius 3 is 2.64 bits per heavy atom. The number of aliphatic hydroxyl groups is 2. The third kappa shape index (κ3) is 7.88. The summed E-state index contributed by atoms with van der Waals surface area (Å²) in [6.07, 6.45) is 2.13. The lowest BCUT2D eigenvalue weighted by molar-refractivity contribution is -0.121. The van der Waals surface area contributed by atoms with Crippen molar-refractivity contribution in [3.8, 4) is 5.75 Å². The minimum Gasteiger partial charge on any atom is -0.497 e. The van der Waals surface area contributed by atoms with E-state index in [4.69, 9.17) is 15.2 Å². The van der Waals surface area contributed by atoms with Crippen molar-refractivity contribution in [3.05, 3.63) is 78.4 Å². The molecule has 44 heavy (non-hydrogen) atoms. The lowest BCUT2D eigenvalue weighted by Crippen LogP contribution is -2.34. The van der Waals surface area contributed by atoms with Crippen LogP contribution >= 0.6 is 0 Å². The van der Waals surface area contributed by atoms with Gasteiger partial charge in [0.05, 0.1) is 19.5 Å². The molecule has 1 amide bonds. The molecule has 2 aromatic carbocycles. The van der Waals surface area contributed by atoms with Gasteiger partial charge in [0.2, 0.25) is 5.91 Å². The Morgan fingerprint density at radius 2 is 1.86 bits per heavy atom. The second-order valence-corrected chi connectivity index (χ2v) is 11.2. The molecule has 0 radical (unpaired) electrons. The summed E-state index contributed by atoms with van der Waals surface area (Å²) < 4.78 is 13.0. The molecule has 0 bridgehead atoms. The highest BCUT2D eigenvalue weighted by molar-refractivity contribution is 5.81. The van der Waals surface area contributed by atoms with E-state index in [1.807, 2.05) is 42.5 Å². The van der Waals surface area contributed by atoms with Crippen LogP contribution in [0.4, 0.5) is 5.82 Å². The Labute approximate surface area is 256 Å². The zero-order chi connectivity index (χ0) is 30.9. The minimum atomic E-state index is -1.18. The van der Waals surface area contributed by atoms with Gasteiger partial charge in [-0.1, -0.05) is 42.5 Å². The second kappa shape index (κ2) is 15.1. The summed E-state index contributed by atoms with van der Waals surface area (Å²) in [6, 6.07) is 17.9. The molecule has 234 valence electrons.